The molecule has 5 amide bonds. The summed E-state index contributed by atoms with van der Waals surface area (Å²) in [4.78, 5) is 94.6. The number of fused-ring (bicyclic) bond motifs is 9. The lowest BCUT2D eigenvalue weighted by atomic mass is 9.44. The topological polar surface area (TPSA) is 256 Å². The third-order valence-corrected chi connectivity index (χ3v) is 19.3. The van der Waals surface area contributed by atoms with Crippen molar-refractivity contribution in [2.24, 2.45) is 28.6 Å². The Kier molecular flexibility index (Phi) is 23.0. The van der Waals surface area contributed by atoms with Gasteiger partial charge in [0, 0.05) is 48.6 Å². The summed E-state index contributed by atoms with van der Waals surface area (Å²) in [6, 6.07) is 17.1. The summed E-state index contributed by atoms with van der Waals surface area (Å²) in [5.41, 5.74) is -2.29. The second kappa shape index (κ2) is 30.5. The summed E-state index contributed by atoms with van der Waals surface area (Å²) in [5.74, 6) is -6.47. The minimum absolute atomic E-state index is 0.0176. The third kappa shape index (κ3) is 15.0. The molecule has 23 heteroatoms. The molecule has 3 aromatic rings. The number of hydrogen-bond acceptors (Lipinski definition) is 15. The van der Waals surface area contributed by atoms with E-state index in [4.69, 9.17) is 33.2 Å². The number of nitrogens with zero attached hydrogens (tertiary/aromatic N) is 1. The van der Waals surface area contributed by atoms with Gasteiger partial charge < -0.3 is 64.4 Å². The molecule has 93 heavy (non-hydrogen) atoms. The predicted octanol–water partition coefficient (Wildman–Crippen LogP) is 8.03. The van der Waals surface area contributed by atoms with Crippen LogP contribution in [0.2, 0.25) is 0 Å². The molecule has 9 rings (SSSR count). The van der Waals surface area contributed by atoms with Crippen molar-refractivity contribution in [1.29, 1.82) is 0 Å². The van der Waals surface area contributed by atoms with Crippen LogP contribution in [0.1, 0.15) is 117 Å². The van der Waals surface area contributed by atoms with Gasteiger partial charge in [0.15, 0.2) is 23.3 Å². The van der Waals surface area contributed by atoms with Crippen molar-refractivity contribution in [3.63, 3.8) is 0 Å². The zero-order chi connectivity index (χ0) is 66.8. The summed E-state index contributed by atoms with van der Waals surface area (Å²) in [6.07, 6.45) is 1.38. The summed E-state index contributed by atoms with van der Waals surface area (Å²) < 4.78 is 90.8. The highest BCUT2D eigenvalue weighted by molar-refractivity contribution is 6.02. The molecular weight excluding hydrogens is 1210 g/mol. The van der Waals surface area contributed by atoms with Crippen LogP contribution in [0.5, 0.6) is 5.75 Å². The SMILES string of the molecule is CCCC1O[C@@H]2C[C@H]3C4C[C@H](F)C5=CC(=O)C=C[C@]5(C)[C@@]4(F)[C@@H](O)C[C@]3(C)[C@]2(C(=O)COc2ccc(NC(=O)[C@H](C)NC(=O)[C@@H](NC(=O)CCOCCOCCOCCOCCNC(=O)CCC(=O)N3Cc4ccccc4/C(C)=C\c4ccccc43)C(C)C)c(F)c2)O1. The number of benzene rings is 3. The average molecular weight is 1300 g/mol. The number of halogens is 3. The van der Waals surface area contributed by atoms with Gasteiger partial charge in [0.2, 0.25) is 35.3 Å². The van der Waals surface area contributed by atoms with Crippen molar-refractivity contribution in [2.45, 2.75) is 154 Å². The normalized spacial score (nSPS) is 27.9. The van der Waals surface area contributed by atoms with E-state index in [0.29, 0.717) is 39.2 Å². The maximum atomic E-state index is 17.9. The van der Waals surface area contributed by atoms with Crippen molar-refractivity contribution in [1.82, 2.24) is 16.0 Å². The van der Waals surface area contributed by atoms with Crippen LogP contribution in [0.4, 0.5) is 24.5 Å². The first kappa shape index (κ1) is 70.2. The minimum Gasteiger partial charge on any atom is -0.486 e. The first-order valence-electron chi connectivity index (χ1n) is 32.3. The molecule has 0 bridgehead atoms. The van der Waals surface area contributed by atoms with E-state index in [-0.39, 0.29) is 113 Å². The fraction of sp³-hybridized carbons (Fsp3) is 0.557. The van der Waals surface area contributed by atoms with Gasteiger partial charge in [0.05, 0.1) is 83.0 Å². The minimum atomic E-state index is -2.38. The quantitative estimate of drug-likeness (QED) is 0.0396. The van der Waals surface area contributed by atoms with Crippen LogP contribution in [0, 0.1) is 34.4 Å². The molecule has 12 atom stereocenters. The number of alkyl halides is 2. The molecule has 2 unspecified atom stereocenters. The molecular formula is C70H88F3N5O15. The summed E-state index contributed by atoms with van der Waals surface area (Å²) in [7, 11) is 0. The molecule has 504 valence electrons. The Labute approximate surface area is 541 Å². The van der Waals surface area contributed by atoms with Crippen LogP contribution in [-0.2, 0) is 68.5 Å². The first-order chi connectivity index (χ1) is 44.4. The second-order valence-electron chi connectivity index (χ2n) is 25.7. The van der Waals surface area contributed by atoms with Crippen molar-refractivity contribution in [3.8, 4) is 5.75 Å². The van der Waals surface area contributed by atoms with Gasteiger partial charge in [0.1, 0.15) is 36.4 Å². The highest BCUT2D eigenvalue weighted by Gasteiger charge is 2.80. The number of ether oxygens (including phenoxy) is 7. The molecule has 0 aromatic heterocycles. The highest BCUT2D eigenvalue weighted by atomic mass is 19.1. The number of ketones is 2. The van der Waals surface area contributed by atoms with Gasteiger partial charge in [-0.3, -0.25) is 33.6 Å². The summed E-state index contributed by atoms with van der Waals surface area (Å²) in [5, 5.41) is 22.5. The number of para-hydroxylation sites is 1. The first-order valence-corrected chi connectivity index (χ1v) is 32.3. The van der Waals surface area contributed by atoms with E-state index in [0.717, 1.165) is 40.1 Å². The molecule has 3 saturated carbocycles. The third-order valence-electron chi connectivity index (χ3n) is 19.3. The van der Waals surface area contributed by atoms with Crippen LogP contribution in [0.15, 0.2) is 90.5 Å². The molecule has 20 nitrogen and oxygen atoms in total. The zero-order valence-corrected chi connectivity index (χ0v) is 54.0. The maximum Gasteiger partial charge on any atom is 0.246 e. The van der Waals surface area contributed by atoms with E-state index in [9.17, 15) is 38.7 Å². The number of allylic oxidation sites excluding steroid dienone is 5. The Morgan fingerprint density at radius 3 is 2.20 bits per heavy atom. The van der Waals surface area contributed by atoms with Crippen LogP contribution in [-0.4, -0.2) is 160 Å². The Bertz CT molecular complexity index is 3340. The lowest BCUT2D eigenvalue weighted by Gasteiger charge is -2.63. The molecule has 2 aliphatic heterocycles. The van der Waals surface area contributed by atoms with Crippen LogP contribution in [0.25, 0.3) is 11.6 Å². The molecule has 0 radical (unpaired) electrons. The Morgan fingerprint density at radius 1 is 0.806 bits per heavy atom. The van der Waals surface area contributed by atoms with Crippen molar-refractivity contribution < 1.29 is 85.0 Å². The van der Waals surface area contributed by atoms with Gasteiger partial charge in [-0.1, -0.05) is 82.7 Å². The van der Waals surface area contributed by atoms with E-state index >= 15 is 13.2 Å². The van der Waals surface area contributed by atoms with Crippen LogP contribution in [0.3, 0.4) is 0 Å². The Morgan fingerprint density at radius 2 is 1.49 bits per heavy atom. The van der Waals surface area contributed by atoms with Gasteiger partial charge in [-0.15, -0.1) is 0 Å². The molecule has 1 saturated heterocycles. The van der Waals surface area contributed by atoms with Crippen LogP contribution >= 0.6 is 0 Å². The number of carbonyl (C=O) groups is 7. The van der Waals surface area contributed by atoms with Gasteiger partial charge in [-0.25, -0.2) is 13.2 Å². The number of aliphatic hydroxyl groups excluding tert-OH is 1. The van der Waals surface area contributed by atoms with E-state index < -0.39 is 112 Å². The Balaban J connectivity index is 0.629. The summed E-state index contributed by atoms with van der Waals surface area (Å²) in [6.45, 7) is 14.1. The number of nitrogens with one attached hydrogen (secondary N) is 4. The lowest BCUT2D eigenvalue weighted by Crippen LogP contribution is -2.71. The molecule has 6 aliphatic rings. The predicted molar refractivity (Wildman–Crippen MR) is 339 cm³/mol. The molecule has 0 spiro atoms. The highest BCUT2D eigenvalue weighted by Crippen LogP contribution is 2.72. The second-order valence-corrected chi connectivity index (χ2v) is 25.7. The summed E-state index contributed by atoms with van der Waals surface area (Å²) >= 11 is 0. The van der Waals surface area contributed by atoms with Crippen molar-refractivity contribution >= 4 is 64.1 Å². The number of carbonyl (C=O) groups excluding carboxylic acids is 7. The zero-order valence-electron chi connectivity index (χ0n) is 54.0. The lowest BCUT2D eigenvalue weighted by molar-refractivity contribution is -0.234. The largest absolute Gasteiger partial charge is 0.486 e. The molecule has 3 aromatic carbocycles. The van der Waals surface area contributed by atoms with E-state index in [1.807, 2.05) is 49.4 Å². The molecule has 4 fully saturated rings. The average Bonchev–Trinajstić information content (AvgIpc) is 1.58. The standard InChI is InChI=1S/C70H88F3N5O15/c1-8-13-63-92-59-38-50-51-37-53(71)52-35-47(79)22-24-67(52,6)69(51,73)57(80)39-68(50,7)70(59,93-63)58(81)41-91-48-18-19-55(54(72)36-48)76-65(85)44(5)75-66(86)64(42(2)3)77-61(83)23-26-87-28-30-89-32-33-90-31-29-88-27-25-74-60(82)20-21-62(84)78-40-46-15-9-11-16-49(46)43(4)34-45-14-10-12-17-56(45)78/h9-12,14-19,22,24,34-36,42,44,50-51,53,57,59,63-64,80H,8,13,20-21,23,25-33,37-41H2,1-7H3,(H,74,82)(H,75,86)(H,76,85)(H,77,83)/b43-34-/t44-,50-,51?,53-,57-,59+,63?,64-,67-,68-,69-,70+/m0/s1. The maximum absolute atomic E-state index is 17.9. The van der Waals surface area contributed by atoms with Gasteiger partial charge in [0.25, 0.3) is 0 Å². The molecule has 2 heterocycles. The van der Waals surface area contributed by atoms with E-state index in [1.54, 1.807) is 25.7 Å². The number of anilines is 2. The molecule has 5 N–H and O–H groups in total. The fourth-order valence-corrected chi connectivity index (χ4v) is 14.5. The monoisotopic (exact) mass is 1300 g/mol. The number of Topliss-reactive ketones (excluding diaryl/α,β-unsaturated/α-hetero) is 1. The van der Waals surface area contributed by atoms with Crippen molar-refractivity contribution in [2.75, 3.05) is 76.2 Å². The van der Waals surface area contributed by atoms with Crippen molar-refractivity contribution in [3.05, 3.63) is 113 Å². The number of hydrogen-bond donors (Lipinski definition) is 5. The van der Waals surface area contributed by atoms with E-state index in [2.05, 4.69) is 40.3 Å². The smallest absolute Gasteiger partial charge is 0.246 e. The number of amides is 5. The Hall–Kier alpha value is -7.12. The van der Waals surface area contributed by atoms with Gasteiger partial charge in [-0.05, 0) is 123 Å². The van der Waals surface area contributed by atoms with Gasteiger partial charge in [-0.2, -0.15) is 0 Å². The van der Waals surface area contributed by atoms with E-state index in [1.165, 1.54) is 38.1 Å². The fourth-order valence-electron chi connectivity index (χ4n) is 14.5. The number of rotatable bonds is 30. The molecule has 4 aliphatic carbocycles. The van der Waals surface area contributed by atoms with Crippen LogP contribution < -0.4 is 30.9 Å². The number of aliphatic hydroxyl groups is 1. The van der Waals surface area contributed by atoms with Gasteiger partial charge >= 0.3 is 0 Å².